The second-order valence-corrected chi connectivity index (χ2v) is 5.81. The van der Waals surface area contributed by atoms with Crippen LogP contribution in [-0.2, 0) is 4.79 Å². The van der Waals surface area contributed by atoms with Crippen LogP contribution in [0.15, 0.2) is 23.2 Å². The van der Waals surface area contributed by atoms with E-state index in [-0.39, 0.29) is 29.9 Å². The Morgan fingerprint density at radius 2 is 1.85 bits per heavy atom. The smallest absolute Gasteiger partial charge is 0.219 e. The van der Waals surface area contributed by atoms with Gasteiger partial charge in [0, 0.05) is 51.4 Å². The molecule has 8 nitrogen and oxygen atoms in total. The molecule has 1 aliphatic rings. The summed E-state index contributed by atoms with van der Waals surface area (Å²) >= 11 is 0. The number of nitrogens with one attached hydrogen (secondary N) is 1. The molecule has 1 aromatic carbocycles. The predicted octanol–water partition coefficient (Wildman–Crippen LogP) is 1.21. The van der Waals surface area contributed by atoms with E-state index in [2.05, 4.69) is 15.2 Å². The second-order valence-electron chi connectivity index (χ2n) is 5.81. The Kier molecular flexibility index (Phi) is 9.49. The van der Waals surface area contributed by atoms with Crippen LogP contribution in [0, 0.1) is 0 Å². The van der Waals surface area contributed by atoms with E-state index in [1.165, 1.54) is 0 Å². The quantitative estimate of drug-likeness (QED) is 0.364. The Balaban J connectivity index is 0.00000338. The van der Waals surface area contributed by atoms with Gasteiger partial charge in [0.2, 0.25) is 5.91 Å². The number of hydrogen-bond acceptors (Lipinski definition) is 5. The number of guanidine groups is 1. The molecule has 0 unspecified atom stereocenters. The molecule has 9 heteroatoms. The molecule has 0 aliphatic carbocycles. The molecule has 146 valence electrons. The van der Waals surface area contributed by atoms with Crippen molar-refractivity contribution in [2.45, 2.75) is 6.92 Å². The van der Waals surface area contributed by atoms with Gasteiger partial charge in [0.05, 0.1) is 20.8 Å². The molecule has 0 bridgehead atoms. The summed E-state index contributed by atoms with van der Waals surface area (Å²) < 4.78 is 10.5. The van der Waals surface area contributed by atoms with Crippen LogP contribution in [0.3, 0.4) is 0 Å². The maximum atomic E-state index is 11.3. The maximum Gasteiger partial charge on any atom is 0.219 e. The van der Waals surface area contributed by atoms with Crippen LogP contribution in [0.4, 0.5) is 5.69 Å². The van der Waals surface area contributed by atoms with Gasteiger partial charge in [-0.1, -0.05) is 0 Å². The van der Waals surface area contributed by atoms with Crippen molar-refractivity contribution in [2.24, 2.45) is 10.7 Å². The van der Waals surface area contributed by atoms with E-state index in [1.807, 2.05) is 23.1 Å². The summed E-state index contributed by atoms with van der Waals surface area (Å²) in [6.45, 7) is 6.33. The number of carbonyl (C=O) groups is 1. The van der Waals surface area contributed by atoms with Gasteiger partial charge in [-0.15, -0.1) is 24.0 Å². The summed E-state index contributed by atoms with van der Waals surface area (Å²) in [7, 11) is 3.18. The highest BCUT2D eigenvalue weighted by atomic mass is 127. The number of anilines is 1. The van der Waals surface area contributed by atoms with Gasteiger partial charge in [0.25, 0.3) is 0 Å². The Morgan fingerprint density at radius 3 is 2.42 bits per heavy atom. The van der Waals surface area contributed by atoms with E-state index in [0.717, 1.165) is 38.4 Å². The molecular formula is C17H28IN5O3. The van der Waals surface area contributed by atoms with Gasteiger partial charge in [-0.2, -0.15) is 0 Å². The van der Waals surface area contributed by atoms with Crippen LogP contribution < -0.4 is 20.5 Å². The molecule has 0 atom stereocenters. The number of ether oxygens (including phenoxy) is 2. The normalized spacial score (nSPS) is 15.2. The Bertz CT molecular complexity index is 618. The number of nitrogens with two attached hydrogens (primary N) is 1. The SMILES string of the molecule is COc1ccc(NC(N)=NCCN2CCN(C(C)=O)CC2)cc1OC.I. The van der Waals surface area contributed by atoms with Crippen LogP contribution in [0.1, 0.15) is 6.92 Å². The number of rotatable bonds is 6. The molecule has 1 amide bonds. The molecule has 1 aliphatic heterocycles. The minimum atomic E-state index is 0. The molecule has 1 heterocycles. The summed E-state index contributed by atoms with van der Waals surface area (Å²) in [6, 6.07) is 5.47. The summed E-state index contributed by atoms with van der Waals surface area (Å²) in [5.41, 5.74) is 6.73. The summed E-state index contributed by atoms with van der Waals surface area (Å²) in [4.78, 5) is 19.8. The van der Waals surface area contributed by atoms with Crippen molar-refractivity contribution in [3.8, 4) is 11.5 Å². The van der Waals surface area contributed by atoms with Crippen molar-refractivity contribution in [1.82, 2.24) is 9.80 Å². The summed E-state index contributed by atoms with van der Waals surface area (Å²) in [5.74, 6) is 1.78. The number of nitrogens with zero attached hydrogens (tertiary/aromatic N) is 3. The molecule has 1 fully saturated rings. The van der Waals surface area contributed by atoms with Crippen molar-refractivity contribution >= 4 is 41.5 Å². The fourth-order valence-corrected chi connectivity index (χ4v) is 2.70. The van der Waals surface area contributed by atoms with Crippen LogP contribution in [0.5, 0.6) is 11.5 Å². The van der Waals surface area contributed by atoms with Crippen LogP contribution in [-0.4, -0.2) is 75.2 Å². The van der Waals surface area contributed by atoms with E-state index in [1.54, 1.807) is 21.1 Å². The lowest BCUT2D eigenvalue weighted by atomic mass is 10.3. The highest BCUT2D eigenvalue weighted by Gasteiger charge is 2.17. The molecule has 1 aromatic rings. The van der Waals surface area contributed by atoms with E-state index < -0.39 is 0 Å². The van der Waals surface area contributed by atoms with Crippen molar-refractivity contribution in [2.75, 3.05) is 58.8 Å². The van der Waals surface area contributed by atoms with Crippen LogP contribution in [0.25, 0.3) is 0 Å². The molecule has 0 radical (unpaired) electrons. The third-order valence-electron chi connectivity index (χ3n) is 4.17. The molecular weight excluding hydrogens is 449 g/mol. The summed E-state index contributed by atoms with van der Waals surface area (Å²) in [6.07, 6.45) is 0. The number of benzene rings is 1. The highest BCUT2D eigenvalue weighted by Crippen LogP contribution is 2.29. The lowest BCUT2D eigenvalue weighted by Crippen LogP contribution is -2.48. The van der Waals surface area contributed by atoms with Crippen LogP contribution >= 0.6 is 24.0 Å². The Hall–Kier alpha value is -1.75. The van der Waals surface area contributed by atoms with E-state index in [0.29, 0.717) is 24.0 Å². The Labute approximate surface area is 171 Å². The number of amides is 1. The van der Waals surface area contributed by atoms with Gasteiger partial charge in [-0.25, -0.2) is 0 Å². The zero-order valence-electron chi connectivity index (χ0n) is 15.5. The zero-order valence-corrected chi connectivity index (χ0v) is 17.9. The van der Waals surface area contributed by atoms with Crippen molar-refractivity contribution in [3.63, 3.8) is 0 Å². The molecule has 26 heavy (non-hydrogen) atoms. The highest BCUT2D eigenvalue weighted by molar-refractivity contribution is 14.0. The first-order chi connectivity index (χ1) is 12.0. The van der Waals surface area contributed by atoms with E-state index >= 15 is 0 Å². The van der Waals surface area contributed by atoms with E-state index in [9.17, 15) is 4.79 Å². The minimum absolute atomic E-state index is 0. The average Bonchev–Trinajstić information content (AvgIpc) is 2.62. The van der Waals surface area contributed by atoms with Crippen molar-refractivity contribution < 1.29 is 14.3 Å². The minimum Gasteiger partial charge on any atom is -0.493 e. The number of aliphatic imine (C=N–C) groups is 1. The number of carbonyl (C=O) groups excluding carboxylic acids is 1. The van der Waals surface area contributed by atoms with Gasteiger partial charge in [-0.3, -0.25) is 14.7 Å². The lowest BCUT2D eigenvalue weighted by Gasteiger charge is -2.33. The maximum absolute atomic E-state index is 11.3. The predicted molar refractivity (Wildman–Crippen MR) is 114 cm³/mol. The largest absolute Gasteiger partial charge is 0.493 e. The zero-order chi connectivity index (χ0) is 18.2. The van der Waals surface area contributed by atoms with Crippen molar-refractivity contribution in [1.29, 1.82) is 0 Å². The van der Waals surface area contributed by atoms with Gasteiger partial charge in [0.15, 0.2) is 17.5 Å². The van der Waals surface area contributed by atoms with Crippen LogP contribution in [0.2, 0.25) is 0 Å². The summed E-state index contributed by atoms with van der Waals surface area (Å²) in [5, 5.41) is 3.05. The standard InChI is InChI=1S/C17H27N5O3.HI/c1-13(23)22-10-8-21(9-11-22)7-6-19-17(18)20-14-4-5-15(24-2)16(12-14)25-3;/h4-5,12H,6-11H2,1-3H3,(H3,18,19,20);1H. The molecule has 0 spiro atoms. The van der Waals surface area contributed by atoms with Gasteiger partial charge in [-0.05, 0) is 12.1 Å². The third-order valence-corrected chi connectivity index (χ3v) is 4.17. The van der Waals surface area contributed by atoms with E-state index in [4.69, 9.17) is 15.2 Å². The first-order valence-corrected chi connectivity index (χ1v) is 8.30. The Morgan fingerprint density at radius 1 is 1.19 bits per heavy atom. The average molecular weight is 477 g/mol. The van der Waals surface area contributed by atoms with Gasteiger partial charge < -0.3 is 25.4 Å². The molecule has 0 saturated carbocycles. The number of halogens is 1. The van der Waals surface area contributed by atoms with Gasteiger partial charge in [0.1, 0.15) is 0 Å². The second kappa shape index (κ2) is 11.1. The topological polar surface area (TPSA) is 92.4 Å². The monoisotopic (exact) mass is 477 g/mol. The molecule has 2 rings (SSSR count). The molecule has 1 saturated heterocycles. The third kappa shape index (κ3) is 6.52. The number of hydrogen-bond donors (Lipinski definition) is 2. The molecule has 0 aromatic heterocycles. The first-order valence-electron chi connectivity index (χ1n) is 8.30. The van der Waals surface area contributed by atoms with Gasteiger partial charge >= 0.3 is 0 Å². The fourth-order valence-electron chi connectivity index (χ4n) is 2.70. The lowest BCUT2D eigenvalue weighted by molar-refractivity contribution is -0.130. The molecule has 3 N–H and O–H groups in total. The first kappa shape index (κ1) is 22.3. The number of piperazine rings is 1. The fraction of sp³-hybridized carbons (Fsp3) is 0.529. The number of methoxy groups -OCH3 is 2. The van der Waals surface area contributed by atoms with Crippen molar-refractivity contribution in [3.05, 3.63) is 18.2 Å².